The van der Waals surface area contributed by atoms with Crippen LogP contribution in [0.5, 0.6) is 0 Å². The van der Waals surface area contributed by atoms with E-state index < -0.39 is 0 Å². The number of benzene rings is 2. The molecule has 2 aliphatic heterocycles. The molecule has 2 aliphatic rings. The van der Waals surface area contributed by atoms with E-state index in [1.165, 1.54) is 5.56 Å². The number of urea groups is 1. The van der Waals surface area contributed by atoms with Crippen LogP contribution in [0.2, 0.25) is 5.02 Å². The van der Waals surface area contributed by atoms with Gasteiger partial charge in [-0.25, -0.2) is 4.79 Å². The molecule has 7 heteroatoms. The van der Waals surface area contributed by atoms with E-state index >= 15 is 0 Å². The number of likely N-dealkylation sites (tertiary alicyclic amines) is 1. The Kier molecular flexibility index (Phi) is 6.37. The fraction of sp³-hybridized carbons (Fsp3) is 0.417. The number of rotatable bonds is 4. The topological polar surface area (TPSA) is 55.9 Å². The largest absolute Gasteiger partial charge is 0.367 e. The highest BCUT2D eigenvalue weighted by Gasteiger charge is 2.31. The minimum absolute atomic E-state index is 0.0468. The summed E-state index contributed by atoms with van der Waals surface area (Å²) >= 11 is 5.98. The predicted molar refractivity (Wildman–Crippen MR) is 125 cm³/mol. The van der Waals surface area contributed by atoms with Crippen LogP contribution in [0.4, 0.5) is 16.2 Å². The van der Waals surface area contributed by atoms with Crippen molar-refractivity contribution in [2.75, 3.05) is 43.4 Å². The lowest BCUT2D eigenvalue weighted by atomic mass is 9.89. The Morgan fingerprint density at radius 3 is 2.19 bits per heavy atom. The predicted octanol–water partition coefficient (Wildman–Crippen LogP) is 4.42. The van der Waals surface area contributed by atoms with Gasteiger partial charge < -0.3 is 20.0 Å². The molecule has 0 unspecified atom stereocenters. The van der Waals surface area contributed by atoms with Crippen molar-refractivity contribution >= 4 is 34.9 Å². The van der Waals surface area contributed by atoms with E-state index in [4.69, 9.17) is 11.6 Å². The highest BCUT2D eigenvalue weighted by molar-refractivity contribution is 6.30. The number of nitrogens with zero attached hydrogens (tertiary/aromatic N) is 3. The van der Waals surface area contributed by atoms with Crippen LogP contribution in [0.25, 0.3) is 0 Å². The van der Waals surface area contributed by atoms with Crippen LogP contribution >= 0.6 is 11.6 Å². The van der Waals surface area contributed by atoms with Gasteiger partial charge in [0, 0.05) is 56.5 Å². The van der Waals surface area contributed by atoms with E-state index in [-0.39, 0.29) is 18.0 Å². The van der Waals surface area contributed by atoms with Crippen LogP contribution in [0.15, 0.2) is 48.5 Å². The average molecular weight is 441 g/mol. The Morgan fingerprint density at radius 1 is 1.00 bits per heavy atom. The second kappa shape index (κ2) is 9.18. The van der Waals surface area contributed by atoms with Crippen molar-refractivity contribution in [3.63, 3.8) is 0 Å². The van der Waals surface area contributed by atoms with Crippen molar-refractivity contribution in [3.8, 4) is 0 Å². The Morgan fingerprint density at radius 2 is 1.61 bits per heavy atom. The molecule has 2 heterocycles. The van der Waals surface area contributed by atoms with Gasteiger partial charge in [-0.2, -0.15) is 0 Å². The molecule has 4 rings (SSSR count). The number of carbonyl (C=O) groups is 2. The molecule has 2 aromatic rings. The average Bonchev–Trinajstić information content (AvgIpc) is 2.74. The lowest BCUT2D eigenvalue weighted by Gasteiger charge is -2.45. The normalized spacial score (nSPS) is 17.3. The van der Waals surface area contributed by atoms with Gasteiger partial charge in [-0.05, 0) is 60.7 Å². The molecule has 0 bridgehead atoms. The van der Waals surface area contributed by atoms with Crippen molar-refractivity contribution in [3.05, 3.63) is 59.1 Å². The maximum Gasteiger partial charge on any atom is 0.321 e. The van der Waals surface area contributed by atoms with Crippen LogP contribution in [-0.4, -0.2) is 61.0 Å². The highest BCUT2D eigenvalue weighted by atomic mass is 35.5. The zero-order valence-corrected chi connectivity index (χ0v) is 18.8. The van der Waals surface area contributed by atoms with Crippen LogP contribution in [0.1, 0.15) is 31.2 Å². The van der Waals surface area contributed by atoms with Gasteiger partial charge in [0.25, 0.3) is 0 Å². The van der Waals surface area contributed by atoms with Crippen molar-refractivity contribution in [1.29, 1.82) is 0 Å². The molecule has 1 N–H and O–H groups in total. The number of anilines is 2. The fourth-order valence-electron chi connectivity index (χ4n) is 4.28. The summed E-state index contributed by atoms with van der Waals surface area (Å²) in [7, 11) is 1.85. The molecule has 0 radical (unpaired) electrons. The fourth-order valence-corrected chi connectivity index (χ4v) is 4.40. The SMILES string of the molecule is CC(=O)N(C)C1CN(c2ccc(NC(=O)N3CCC(c4ccc(Cl)cc4)CC3)cc2)C1. The summed E-state index contributed by atoms with van der Waals surface area (Å²) in [5.74, 6) is 0.572. The number of carbonyl (C=O) groups excluding carboxylic acids is 2. The number of piperidine rings is 1. The molecule has 2 saturated heterocycles. The first-order valence-corrected chi connectivity index (χ1v) is 11.2. The van der Waals surface area contributed by atoms with Gasteiger partial charge in [-0.3, -0.25) is 4.79 Å². The number of amides is 3. The van der Waals surface area contributed by atoms with Crippen LogP contribution in [0.3, 0.4) is 0 Å². The van der Waals surface area contributed by atoms with Gasteiger partial charge in [-0.1, -0.05) is 23.7 Å². The summed E-state index contributed by atoms with van der Waals surface area (Å²) in [6, 6.07) is 16.2. The standard InChI is InChI=1S/C24H29ClN4O2/c1-17(30)27(2)23-15-29(16-23)22-9-7-21(8-10-22)26-24(31)28-13-11-19(12-14-28)18-3-5-20(25)6-4-18/h3-10,19,23H,11-16H2,1-2H3,(H,26,31). The summed E-state index contributed by atoms with van der Waals surface area (Å²) in [5.41, 5.74) is 3.20. The molecule has 0 saturated carbocycles. The number of nitrogens with one attached hydrogen (secondary N) is 1. The van der Waals surface area contributed by atoms with E-state index in [0.717, 1.165) is 55.4 Å². The summed E-state index contributed by atoms with van der Waals surface area (Å²) in [6.07, 6.45) is 1.91. The monoisotopic (exact) mass is 440 g/mol. The molecule has 0 spiro atoms. The van der Waals surface area contributed by atoms with Gasteiger partial charge in [0.2, 0.25) is 5.91 Å². The third kappa shape index (κ3) is 4.96. The van der Waals surface area contributed by atoms with E-state index in [9.17, 15) is 9.59 Å². The van der Waals surface area contributed by atoms with E-state index in [1.54, 1.807) is 11.8 Å². The minimum Gasteiger partial charge on any atom is -0.367 e. The molecule has 0 atom stereocenters. The third-order valence-electron chi connectivity index (χ3n) is 6.51. The number of halogens is 1. The molecule has 0 aromatic heterocycles. The molecule has 0 aliphatic carbocycles. The van der Waals surface area contributed by atoms with E-state index in [0.29, 0.717) is 5.92 Å². The Hall–Kier alpha value is -2.73. The first-order valence-electron chi connectivity index (χ1n) is 10.8. The lowest BCUT2D eigenvalue weighted by molar-refractivity contribution is -0.130. The summed E-state index contributed by atoms with van der Waals surface area (Å²) in [5, 5.41) is 3.77. The van der Waals surface area contributed by atoms with Crippen molar-refractivity contribution in [2.45, 2.75) is 31.7 Å². The van der Waals surface area contributed by atoms with Gasteiger partial charge in [0.1, 0.15) is 0 Å². The highest BCUT2D eigenvalue weighted by Crippen LogP contribution is 2.29. The minimum atomic E-state index is -0.0468. The molecule has 164 valence electrons. The Bertz CT molecular complexity index is 918. The molecular formula is C24H29ClN4O2. The van der Waals surface area contributed by atoms with Gasteiger partial charge >= 0.3 is 6.03 Å². The Balaban J connectivity index is 1.25. The molecule has 31 heavy (non-hydrogen) atoms. The maximum atomic E-state index is 12.7. The molecule has 6 nitrogen and oxygen atoms in total. The molecule has 2 fully saturated rings. The maximum absolute atomic E-state index is 12.7. The Labute approximate surface area is 188 Å². The van der Waals surface area contributed by atoms with E-state index in [2.05, 4.69) is 22.3 Å². The smallest absolute Gasteiger partial charge is 0.321 e. The lowest BCUT2D eigenvalue weighted by Crippen LogP contribution is -2.59. The van der Waals surface area contributed by atoms with Crippen LogP contribution in [-0.2, 0) is 4.79 Å². The first kappa shape index (κ1) is 21.5. The molecule has 2 aromatic carbocycles. The summed E-state index contributed by atoms with van der Waals surface area (Å²) in [6.45, 7) is 4.76. The second-order valence-corrected chi connectivity index (χ2v) is 8.92. The zero-order chi connectivity index (χ0) is 22.0. The van der Waals surface area contributed by atoms with Crippen molar-refractivity contribution < 1.29 is 9.59 Å². The number of hydrogen-bond donors (Lipinski definition) is 1. The second-order valence-electron chi connectivity index (χ2n) is 8.48. The number of likely N-dealkylation sites (N-methyl/N-ethyl adjacent to an activating group) is 1. The third-order valence-corrected chi connectivity index (χ3v) is 6.77. The van der Waals surface area contributed by atoms with Crippen molar-refractivity contribution in [1.82, 2.24) is 9.80 Å². The molecule has 3 amide bonds. The van der Waals surface area contributed by atoms with E-state index in [1.807, 2.05) is 48.3 Å². The first-order chi connectivity index (χ1) is 14.9. The van der Waals surface area contributed by atoms with Gasteiger partial charge in [0.05, 0.1) is 6.04 Å². The van der Waals surface area contributed by atoms with Gasteiger partial charge in [0.15, 0.2) is 0 Å². The summed E-state index contributed by atoms with van der Waals surface area (Å²) in [4.78, 5) is 30.0. The van der Waals surface area contributed by atoms with Crippen LogP contribution in [0, 0.1) is 0 Å². The van der Waals surface area contributed by atoms with Crippen LogP contribution < -0.4 is 10.2 Å². The molecular weight excluding hydrogens is 412 g/mol. The van der Waals surface area contributed by atoms with Crippen molar-refractivity contribution in [2.24, 2.45) is 0 Å². The zero-order valence-electron chi connectivity index (χ0n) is 18.1. The summed E-state index contributed by atoms with van der Waals surface area (Å²) < 4.78 is 0. The van der Waals surface area contributed by atoms with Gasteiger partial charge in [-0.15, -0.1) is 0 Å². The number of hydrogen-bond acceptors (Lipinski definition) is 3. The quantitative estimate of drug-likeness (QED) is 0.765.